The molecule has 0 aliphatic heterocycles. The molecule has 9 aromatic rings. The number of fused-ring (bicyclic) bond motifs is 3. The highest BCUT2D eigenvalue weighted by molar-refractivity contribution is 6.26. The van der Waals surface area contributed by atoms with Crippen molar-refractivity contribution in [3.05, 3.63) is 145 Å². The third kappa shape index (κ3) is 3.27. The molecule has 0 radical (unpaired) electrons. The fraction of sp³-hybridized carbons (Fsp3) is 0. The maximum Gasteiger partial charge on any atom is 0.123 e. The molecule has 0 aliphatic carbocycles. The summed E-state index contributed by atoms with van der Waals surface area (Å²) in [6.07, 6.45) is 0. The van der Waals surface area contributed by atoms with E-state index in [4.69, 9.17) is 0 Å². The molecule has 0 spiro atoms. The van der Waals surface area contributed by atoms with E-state index in [1.807, 2.05) is 12.1 Å². The third-order valence-corrected chi connectivity index (χ3v) is 8.77. The van der Waals surface area contributed by atoms with Crippen molar-refractivity contribution < 1.29 is 4.39 Å². The smallest absolute Gasteiger partial charge is 0.123 e. The molecule has 0 saturated carbocycles. The van der Waals surface area contributed by atoms with Crippen molar-refractivity contribution in [2.75, 3.05) is 0 Å². The zero-order valence-corrected chi connectivity index (χ0v) is 22.2. The molecule has 0 aromatic heterocycles. The highest BCUT2D eigenvalue weighted by Crippen LogP contribution is 2.46. The van der Waals surface area contributed by atoms with Crippen LogP contribution in [-0.2, 0) is 0 Å². The Bertz CT molecular complexity index is 2360. The zero-order chi connectivity index (χ0) is 27.1. The molecule has 9 rings (SSSR count). The molecule has 190 valence electrons. The van der Waals surface area contributed by atoms with E-state index in [1.165, 1.54) is 76.6 Å². The highest BCUT2D eigenvalue weighted by Gasteiger charge is 2.18. The normalized spacial score (nSPS) is 12.0. The van der Waals surface area contributed by atoms with Gasteiger partial charge in [0, 0.05) is 0 Å². The summed E-state index contributed by atoms with van der Waals surface area (Å²) in [5.74, 6) is -0.209. The first kappa shape index (κ1) is 22.5. The molecule has 9 aromatic carbocycles. The van der Waals surface area contributed by atoms with Gasteiger partial charge in [0.25, 0.3) is 0 Å². The van der Waals surface area contributed by atoms with Gasteiger partial charge in [-0.3, -0.25) is 0 Å². The van der Waals surface area contributed by atoms with Gasteiger partial charge in [0.15, 0.2) is 0 Å². The Morgan fingerprint density at radius 1 is 0.317 bits per heavy atom. The summed E-state index contributed by atoms with van der Waals surface area (Å²) in [6, 6.07) is 49.2. The standard InChI is InChI=1S/C40H23F/c41-32-19-18-26-20-30(17-14-27(26)23-32)39-33-8-1-3-10-35(33)40(36-11-4-2-9-34(36)39)31-21-28-15-12-24-6-5-7-25-13-16-29(22-31)38(28)37(24)25/h1-23H. The molecule has 0 unspecified atom stereocenters. The molecule has 0 aliphatic rings. The van der Waals surface area contributed by atoms with E-state index in [0.29, 0.717) is 0 Å². The summed E-state index contributed by atoms with van der Waals surface area (Å²) in [5.41, 5.74) is 4.83. The van der Waals surface area contributed by atoms with Crippen LogP contribution in [0, 0.1) is 5.82 Å². The van der Waals surface area contributed by atoms with Gasteiger partial charge in [-0.25, -0.2) is 4.39 Å². The predicted octanol–water partition coefficient (Wildman–Crippen LogP) is 11.5. The number of halogens is 1. The van der Waals surface area contributed by atoms with Gasteiger partial charge in [0.1, 0.15) is 5.82 Å². The molecule has 0 nitrogen and oxygen atoms in total. The lowest BCUT2D eigenvalue weighted by atomic mass is 9.84. The minimum absolute atomic E-state index is 0.209. The van der Waals surface area contributed by atoms with Crippen LogP contribution in [0.15, 0.2) is 140 Å². The molecule has 0 amide bonds. The van der Waals surface area contributed by atoms with Crippen LogP contribution in [0.4, 0.5) is 4.39 Å². The summed E-state index contributed by atoms with van der Waals surface area (Å²) >= 11 is 0. The van der Waals surface area contributed by atoms with Crippen molar-refractivity contribution >= 4 is 64.6 Å². The molecule has 0 atom stereocenters. The second-order valence-corrected chi connectivity index (χ2v) is 11.1. The fourth-order valence-electron chi connectivity index (χ4n) is 7.02. The van der Waals surface area contributed by atoms with Crippen LogP contribution >= 0.6 is 0 Å². The molecule has 0 heterocycles. The molecule has 0 saturated heterocycles. The molecule has 0 fully saturated rings. The van der Waals surface area contributed by atoms with Crippen molar-refractivity contribution in [3.63, 3.8) is 0 Å². The van der Waals surface area contributed by atoms with Crippen molar-refractivity contribution in [1.29, 1.82) is 0 Å². The van der Waals surface area contributed by atoms with Crippen molar-refractivity contribution in [3.8, 4) is 22.3 Å². The molecule has 0 bridgehead atoms. The van der Waals surface area contributed by atoms with Gasteiger partial charge in [-0.1, -0.05) is 109 Å². The second-order valence-electron chi connectivity index (χ2n) is 11.1. The fourth-order valence-corrected chi connectivity index (χ4v) is 7.02. The van der Waals surface area contributed by atoms with E-state index in [9.17, 15) is 4.39 Å². The number of rotatable bonds is 2. The van der Waals surface area contributed by atoms with Gasteiger partial charge in [0.2, 0.25) is 0 Å². The monoisotopic (exact) mass is 522 g/mol. The first-order chi connectivity index (χ1) is 20.2. The minimum Gasteiger partial charge on any atom is -0.207 e. The topological polar surface area (TPSA) is 0 Å². The van der Waals surface area contributed by atoms with Crippen LogP contribution in [0.2, 0.25) is 0 Å². The van der Waals surface area contributed by atoms with Crippen LogP contribution in [0.5, 0.6) is 0 Å². The Balaban J connectivity index is 1.39. The Morgan fingerprint density at radius 2 is 0.756 bits per heavy atom. The van der Waals surface area contributed by atoms with Crippen LogP contribution in [0.3, 0.4) is 0 Å². The molecular weight excluding hydrogens is 499 g/mol. The number of benzene rings is 9. The van der Waals surface area contributed by atoms with E-state index in [0.717, 1.165) is 16.3 Å². The zero-order valence-electron chi connectivity index (χ0n) is 22.2. The van der Waals surface area contributed by atoms with Gasteiger partial charge < -0.3 is 0 Å². The highest BCUT2D eigenvalue weighted by atomic mass is 19.1. The number of hydrogen-bond donors (Lipinski definition) is 0. The maximum absolute atomic E-state index is 13.9. The summed E-state index contributed by atoms with van der Waals surface area (Å²) in [5, 5.41) is 14.6. The predicted molar refractivity (Wildman–Crippen MR) is 173 cm³/mol. The lowest BCUT2D eigenvalue weighted by Crippen LogP contribution is -1.92. The summed E-state index contributed by atoms with van der Waals surface area (Å²) < 4.78 is 13.9. The molecule has 0 N–H and O–H groups in total. The van der Waals surface area contributed by atoms with Crippen molar-refractivity contribution in [2.45, 2.75) is 0 Å². The van der Waals surface area contributed by atoms with Crippen molar-refractivity contribution in [1.82, 2.24) is 0 Å². The van der Waals surface area contributed by atoms with Gasteiger partial charge in [-0.05, 0) is 117 Å². The average molecular weight is 523 g/mol. The van der Waals surface area contributed by atoms with Gasteiger partial charge in [-0.2, -0.15) is 0 Å². The van der Waals surface area contributed by atoms with Gasteiger partial charge in [0.05, 0.1) is 0 Å². The SMILES string of the molecule is Fc1ccc2cc(-c3c4ccccc4c(-c4cc5ccc6cccc7ccc(c4)c5c67)c4ccccc34)ccc2c1. The van der Waals surface area contributed by atoms with Crippen LogP contribution in [0.1, 0.15) is 0 Å². The first-order valence-electron chi connectivity index (χ1n) is 14.0. The lowest BCUT2D eigenvalue weighted by Gasteiger charge is -2.19. The first-order valence-corrected chi connectivity index (χ1v) is 14.0. The Hall–Kier alpha value is -5.27. The van der Waals surface area contributed by atoms with E-state index in [-0.39, 0.29) is 5.82 Å². The van der Waals surface area contributed by atoms with Gasteiger partial charge >= 0.3 is 0 Å². The average Bonchev–Trinajstić information content (AvgIpc) is 3.02. The number of hydrogen-bond acceptors (Lipinski definition) is 0. The Kier molecular flexibility index (Phi) is 4.60. The third-order valence-electron chi connectivity index (χ3n) is 8.77. The maximum atomic E-state index is 13.9. The second kappa shape index (κ2) is 8.36. The Labute approximate surface area is 236 Å². The van der Waals surface area contributed by atoms with E-state index in [1.54, 1.807) is 6.07 Å². The van der Waals surface area contributed by atoms with Crippen LogP contribution in [0.25, 0.3) is 86.9 Å². The van der Waals surface area contributed by atoms with E-state index < -0.39 is 0 Å². The largest absolute Gasteiger partial charge is 0.207 e. The summed E-state index contributed by atoms with van der Waals surface area (Å²) in [6.45, 7) is 0. The van der Waals surface area contributed by atoms with E-state index in [2.05, 4.69) is 115 Å². The van der Waals surface area contributed by atoms with Gasteiger partial charge in [-0.15, -0.1) is 0 Å². The summed E-state index contributed by atoms with van der Waals surface area (Å²) in [4.78, 5) is 0. The van der Waals surface area contributed by atoms with Crippen LogP contribution in [-0.4, -0.2) is 0 Å². The van der Waals surface area contributed by atoms with Crippen LogP contribution < -0.4 is 0 Å². The quantitative estimate of drug-likeness (QED) is 0.156. The summed E-state index contributed by atoms with van der Waals surface area (Å²) in [7, 11) is 0. The Morgan fingerprint density at radius 3 is 1.37 bits per heavy atom. The molecule has 1 heteroatoms. The molecule has 41 heavy (non-hydrogen) atoms. The lowest BCUT2D eigenvalue weighted by molar-refractivity contribution is 0.630. The molecular formula is C40H23F. The van der Waals surface area contributed by atoms with Crippen molar-refractivity contribution in [2.24, 2.45) is 0 Å². The van der Waals surface area contributed by atoms with E-state index >= 15 is 0 Å². The minimum atomic E-state index is -0.209.